The molecule has 1 aromatic rings. The van der Waals surface area contributed by atoms with Gasteiger partial charge in [0, 0.05) is 10.4 Å². The summed E-state index contributed by atoms with van der Waals surface area (Å²) in [6.45, 7) is 5.09. The van der Waals surface area contributed by atoms with Crippen molar-refractivity contribution in [3.63, 3.8) is 0 Å². The smallest absolute Gasteiger partial charge is 0.144 e. The van der Waals surface area contributed by atoms with Crippen molar-refractivity contribution in [2.75, 3.05) is 6.61 Å². The van der Waals surface area contributed by atoms with Crippen LogP contribution in [-0.2, 0) is 4.74 Å². The molecular formula is C9H13NOS. The van der Waals surface area contributed by atoms with Crippen molar-refractivity contribution in [3.8, 4) is 0 Å². The van der Waals surface area contributed by atoms with E-state index in [4.69, 9.17) is 4.74 Å². The van der Waals surface area contributed by atoms with E-state index in [1.165, 1.54) is 4.88 Å². The molecule has 1 atom stereocenters. The Morgan fingerprint density at radius 3 is 3.00 bits per heavy atom. The Morgan fingerprint density at radius 1 is 1.67 bits per heavy atom. The van der Waals surface area contributed by atoms with Gasteiger partial charge in [-0.15, -0.1) is 11.3 Å². The summed E-state index contributed by atoms with van der Waals surface area (Å²) in [5.74, 6) is 0. The summed E-state index contributed by atoms with van der Waals surface area (Å²) in [5, 5.41) is 5.50. The van der Waals surface area contributed by atoms with Crippen LogP contribution >= 0.6 is 11.3 Å². The van der Waals surface area contributed by atoms with Crippen LogP contribution in [0.4, 0.5) is 0 Å². The lowest BCUT2D eigenvalue weighted by Crippen LogP contribution is -2.35. The van der Waals surface area contributed by atoms with E-state index < -0.39 is 0 Å². The predicted octanol–water partition coefficient (Wildman–Crippen LogP) is 2.15. The third kappa shape index (κ3) is 1.53. The van der Waals surface area contributed by atoms with E-state index in [-0.39, 0.29) is 11.8 Å². The van der Waals surface area contributed by atoms with Gasteiger partial charge < -0.3 is 4.74 Å². The quantitative estimate of drug-likeness (QED) is 0.720. The van der Waals surface area contributed by atoms with Gasteiger partial charge in [-0.05, 0) is 25.3 Å². The normalized spacial score (nSPS) is 27.7. The number of nitrogens with one attached hydrogen (secondary N) is 1. The molecule has 1 fully saturated rings. The van der Waals surface area contributed by atoms with Crippen LogP contribution in [0.25, 0.3) is 0 Å². The number of hydrogen-bond donors (Lipinski definition) is 1. The van der Waals surface area contributed by atoms with Crippen molar-refractivity contribution in [3.05, 3.63) is 22.4 Å². The molecule has 1 aromatic heterocycles. The summed E-state index contributed by atoms with van der Waals surface area (Å²) < 4.78 is 5.61. The highest BCUT2D eigenvalue weighted by Gasteiger charge is 2.31. The fourth-order valence-corrected chi connectivity index (χ4v) is 2.05. The van der Waals surface area contributed by atoms with Crippen molar-refractivity contribution < 1.29 is 4.74 Å². The Balaban J connectivity index is 2.10. The lowest BCUT2D eigenvalue weighted by atomic mass is 10.1. The molecule has 0 bridgehead atoms. The molecule has 1 unspecified atom stereocenters. The van der Waals surface area contributed by atoms with Crippen LogP contribution in [0, 0.1) is 0 Å². The average Bonchev–Trinajstić information content (AvgIpc) is 2.55. The van der Waals surface area contributed by atoms with Gasteiger partial charge in [0.2, 0.25) is 0 Å². The summed E-state index contributed by atoms with van der Waals surface area (Å²) in [5.41, 5.74) is 0.120. The van der Waals surface area contributed by atoms with Gasteiger partial charge in [-0.25, -0.2) is 0 Å². The fourth-order valence-electron chi connectivity index (χ4n) is 1.32. The molecular weight excluding hydrogens is 170 g/mol. The molecule has 0 saturated carbocycles. The minimum atomic E-state index is 0.111. The van der Waals surface area contributed by atoms with Crippen LogP contribution in [0.2, 0.25) is 0 Å². The lowest BCUT2D eigenvalue weighted by molar-refractivity contribution is 0.102. The van der Waals surface area contributed by atoms with Crippen LogP contribution in [0.15, 0.2) is 17.5 Å². The van der Waals surface area contributed by atoms with Gasteiger partial charge in [-0.3, -0.25) is 5.32 Å². The second kappa shape index (κ2) is 2.83. The molecule has 3 heteroatoms. The molecule has 1 aliphatic rings. The first-order valence-corrected chi connectivity index (χ1v) is 4.98. The first-order valence-electron chi connectivity index (χ1n) is 4.10. The van der Waals surface area contributed by atoms with Crippen molar-refractivity contribution in [2.24, 2.45) is 0 Å². The maximum atomic E-state index is 5.61. The van der Waals surface area contributed by atoms with Crippen molar-refractivity contribution in [1.29, 1.82) is 0 Å². The van der Waals surface area contributed by atoms with Gasteiger partial charge in [0.25, 0.3) is 0 Å². The Hall–Kier alpha value is -0.380. The summed E-state index contributed by atoms with van der Waals surface area (Å²) in [6.07, 6.45) is 0.111. The minimum Gasteiger partial charge on any atom is -0.356 e. The predicted molar refractivity (Wildman–Crippen MR) is 50.2 cm³/mol. The Kier molecular flexibility index (Phi) is 1.94. The standard InChI is InChI=1S/C9H13NOS/c1-9(2)6-11-8(10-9)7-4-3-5-12-7/h3-5,8,10H,6H2,1-2H3. The zero-order chi connectivity index (χ0) is 8.60. The van der Waals surface area contributed by atoms with E-state index in [0.717, 1.165) is 6.61 Å². The van der Waals surface area contributed by atoms with Crippen molar-refractivity contribution in [1.82, 2.24) is 5.32 Å². The molecule has 1 aliphatic heterocycles. The highest BCUT2D eigenvalue weighted by atomic mass is 32.1. The molecule has 0 aromatic carbocycles. The maximum Gasteiger partial charge on any atom is 0.144 e. The molecule has 0 aliphatic carbocycles. The van der Waals surface area contributed by atoms with Crippen LogP contribution < -0.4 is 5.32 Å². The second-order valence-corrected chi connectivity index (χ2v) is 4.71. The summed E-state index contributed by atoms with van der Waals surface area (Å²) in [6, 6.07) is 4.15. The molecule has 0 radical (unpaired) electrons. The van der Waals surface area contributed by atoms with Gasteiger partial charge in [-0.2, -0.15) is 0 Å². The molecule has 0 spiro atoms. The minimum absolute atomic E-state index is 0.111. The van der Waals surface area contributed by atoms with Gasteiger partial charge >= 0.3 is 0 Å². The number of thiophene rings is 1. The van der Waals surface area contributed by atoms with Crippen molar-refractivity contribution >= 4 is 11.3 Å². The zero-order valence-electron chi connectivity index (χ0n) is 7.33. The molecule has 0 amide bonds. The Morgan fingerprint density at radius 2 is 2.50 bits per heavy atom. The topological polar surface area (TPSA) is 21.3 Å². The molecule has 66 valence electrons. The monoisotopic (exact) mass is 183 g/mol. The van der Waals surface area contributed by atoms with Crippen LogP contribution in [0.3, 0.4) is 0 Å². The van der Waals surface area contributed by atoms with E-state index in [9.17, 15) is 0 Å². The van der Waals surface area contributed by atoms with Crippen LogP contribution in [0.1, 0.15) is 25.0 Å². The number of hydrogen-bond acceptors (Lipinski definition) is 3. The van der Waals surface area contributed by atoms with E-state index >= 15 is 0 Å². The molecule has 2 heterocycles. The van der Waals surface area contributed by atoms with Gasteiger partial charge in [0.15, 0.2) is 0 Å². The highest BCUT2D eigenvalue weighted by molar-refractivity contribution is 7.10. The molecule has 1 saturated heterocycles. The Bertz CT molecular complexity index is 256. The SMILES string of the molecule is CC1(C)COC(c2cccs2)N1. The van der Waals surface area contributed by atoms with E-state index in [2.05, 4.69) is 36.7 Å². The van der Waals surface area contributed by atoms with Crippen LogP contribution in [0.5, 0.6) is 0 Å². The summed E-state index contributed by atoms with van der Waals surface area (Å²) in [7, 11) is 0. The van der Waals surface area contributed by atoms with Gasteiger partial charge in [-0.1, -0.05) is 6.07 Å². The number of ether oxygens (including phenoxy) is 1. The maximum absolute atomic E-state index is 5.61. The van der Waals surface area contributed by atoms with E-state index in [1.54, 1.807) is 11.3 Å². The van der Waals surface area contributed by atoms with Crippen molar-refractivity contribution in [2.45, 2.75) is 25.6 Å². The molecule has 1 N–H and O–H groups in total. The third-order valence-corrected chi connectivity index (χ3v) is 2.85. The summed E-state index contributed by atoms with van der Waals surface area (Å²) >= 11 is 1.73. The van der Waals surface area contributed by atoms with E-state index in [0.29, 0.717) is 0 Å². The second-order valence-electron chi connectivity index (χ2n) is 3.73. The largest absolute Gasteiger partial charge is 0.356 e. The third-order valence-electron chi connectivity index (χ3n) is 1.93. The lowest BCUT2D eigenvalue weighted by Gasteiger charge is -2.15. The van der Waals surface area contributed by atoms with Crippen LogP contribution in [-0.4, -0.2) is 12.1 Å². The first-order chi connectivity index (χ1) is 5.67. The highest BCUT2D eigenvalue weighted by Crippen LogP contribution is 2.28. The molecule has 2 rings (SSSR count). The zero-order valence-corrected chi connectivity index (χ0v) is 8.15. The molecule has 12 heavy (non-hydrogen) atoms. The molecule has 2 nitrogen and oxygen atoms in total. The summed E-state index contributed by atoms with van der Waals surface area (Å²) in [4.78, 5) is 1.26. The van der Waals surface area contributed by atoms with E-state index in [1.807, 2.05) is 0 Å². The Labute approximate surface area is 76.6 Å². The van der Waals surface area contributed by atoms with Gasteiger partial charge in [0.05, 0.1) is 6.61 Å². The fraction of sp³-hybridized carbons (Fsp3) is 0.556. The first kappa shape index (κ1) is 8.23. The van der Waals surface area contributed by atoms with Gasteiger partial charge in [0.1, 0.15) is 6.23 Å². The number of rotatable bonds is 1. The average molecular weight is 183 g/mol.